The van der Waals surface area contributed by atoms with E-state index in [2.05, 4.69) is 28.5 Å². The number of aromatic nitrogens is 2. The predicted molar refractivity (Wildman–Crippen MR) is 175 cm³/mol. The summed E-state index contributed by atoms with van der Waals surface area (Å²) in [7, 11) is -4.18. The van der Waals surface area contributed by atoms with E-state index in [0.29, 0.717) is 25.1 Å². The summed E-state index contributed by atoms with van der Waals surface area (Å²) in [5, 5.41) is 0. The summed E-state index contributed by atoms with van der Waals surface area (Å²) in [6, 6.07) is 12.8. The van der Waals surface area contributed by atoms with Gasteiger partial charge in [0, 0.05) is 30.3 Å². The lowest BCUT2D eigenvalue weighted by Crippen LogP contribution is -2.51. The van der Waals surface area contributed by atoms with Crippen molar-refractivity contribution in [2.45, 2.75) is 83.9 Å². The molecule has 1 saturated heterocycles. The summed E-state index contributed by atoms with van der Waals surface area (Å²) < 4.78 is 41.7. The van der Waals surface area contributed by atoms with E-state index in [4.69, 9.17) is 9.47 Å². The number of nitrogens with zero attached hydrogens (tertiary/aromatic N) is 4. The molecule has 1 unspecified atom stereocenters. The van der Waals surface area contributed by atoms with Crippen LogP contribution in [0.4, 0.5) is 10.7 Å². The maximum absolute atomic E-state index is 14.4. The number of carbonyl (C=O) groups excluding carboxylic acids is 2. The molecule has 2 aliphatic heterocycles. The highest BCUT2D eigenvalue weighted by molar-refractivity contribution is 7.92. The second kappa shape index (κ2) is 12.9. The highest BCUT2D eigenvalue weighted by Crippen LogP contribution is 2.31. The fourth-order valence-electron chi connectivity index (χ4n) is 6.09. The van der Waals surface area contributed by atoms with Gasteiger partial charge in [-0.05, 0) is 82.7 Å². The van der Waals surface area contributed by atoms with Gasteiger partial charge in [-0.25, -0.2) is 22.9 Å². The Labute approximate surface area is 271 Å². The summed E-state index contributed by atoms with van der Waals surface area (Å²) in [5.74, 6) is -0.0930. The monoisotopic (exact) mass is 649 g/mol. The Morgan fingerprint density at radius 1 is 1.09 bits per heavy atom. The van der Waals surface area contributed by atoms with Gasteiger partial charge in [-0.15, -0.1) is 0 Å². The SMILES string of the molecule is Cc1cccc(C)c1-c1cc2nc(n1)NS(=O)(=O)c1cccc(c1)C(=O)N(C1CCN(C(=O)OC(C)(C)C)C1)[C@H](CC(C)C)CO2. The lowest BCUT2D eigenvalue weighted by molar-refractivity contribution is 0.0246. The van der Waals surface area contributed by atoms with Crippen molar-refractivity contribution in [2.24, 2.45) is 5.92 Å². The third-order valence-electron chi connectivity index (χ3n) is 8.06. The van der Waals surface area contributed by atoms with Gasteiger partial charge >= 0.3 is 6.09 Å². The molecule has 4 bridgehead atoms. The first-order valence-electron chi connectivity index (χ1n) is 15.6. The molecule has 1 aromatic heterocycles. The van der Waals surface area contributed by atoms with Crippen molar-refractivity contribution in [3.63, 3.8) is 0 Å². The Balaban J connectivity index is 1.61. The molecule has 5 rings (SSSR count). The van der Waals surface area contributed by atoms with Crippen molar-refractivity contribution in [3.8, 4) is 17.1 Å². The van der Waals surface area contributed by atoms with Gasteiger partial charge in [0.05, 0.1) is 22.7 Å². The number of hydrogen-bond donors (Lipinski definition) is 1. The Morgan fingerprint density at radius 3 is 2.46 bits per heavy atom. The minimum atomic E-state index is -4.18. The van der Waals surface area contributed by atoms with Crippen molar-refractivity contribution in [1.82, 2.24) is 19.8 Å². The van der Waals surface area contributed by atoms with Crippen LogP contribution < -0.4 is 9.46 Å². The van der Waals surface area contributed by atoms with Crippen LogP contribution in [0.5, 0.6) is 5.88 Å². The second-order valence-corrected chi connectivity index (χ2v) is 15.2. The number of benzene rings is 2. The molecule has 0 aliphatic carbocycles. The largest absolute Gasteiger partial charge is 0.475 e. The van der Waals surface area contributed by atoms with Crippen LogP contribution >= 0.6 is 0 Å². The molecule has 1 fully saturated rings. The fourth-order valence-corrected chi connectivity index (χ4v) is 7.08. The number of hydrogen-bond acceptors (Lipinski definition) is 8. The molecule has 2 atom stereocenters. The smallest absolute Gasteiger partial charge is 0.410 e. The molecular weight excluding hydrogens is 606 g/mol. The van der Waals surface area contributed by atoms with E-state index in [-0.39, 0.29) is 53.3 Å². The van der Waals surface area contributed by atoms with E-state index in [1.54, 1.807) is 28.0 Å². The zero-order valence-corrected chi connectivity index (χ0v) is 28.3. The molecule has 11 nitrogen and oxygen atoms in total. The number of fused-ring (bicyclic) bond motifs is 4. The second-order valence-electron chi connectivity index (χ2n) is 13.5. The van der Waals surface area contributed by atoms with Gasteiger partial charge in [-0.2, -0.15) is 4.98 Å². The van der Waals surface area contributed by atoms with Crippen LogP contribution in [0.2, 0.25) is 0 Å². The van der Waals surface area contributed by atoms with Gasteiger partial charge in [-0.3, -0.25) is 4.79 Å². The zero-order chi connectivity index (χ0) is 33.4. The molecule has 12 heteroatoms. The summed E-state index contributed by atoms with van der Waals surface area (Å²) in [5.41, 5.74) is 2.86. The minimum absolute atomic E-state index is 0.0942. The van der Waals surface area contributed by atoms with Crippen LogP contribution in [-0.4, -0.2) is 77.6 Å². The quantitative estimate of drug-likeness (QED) is 0.374. The van der Waals surface area contributed by atoms with Crippen LogP contribution in [0.15, 0.2) is 53.4 Å². The van der Waals surface area contributed by atoms with Crippen LogP contribution in [0, 0.1) is 19.8 Å². The highest BCUT2D eigenvalue weighted by Gasteiger charge is 2.39. The van der Waals surface area contributed by atoms with Gasteiger partial charge in [-0.1, -0.05) is 38.1 Å². The molecule has 1 N–H and O–H groups in total. The number of carbonyl (C=O) groups is 2. The average Bonchev–Trinajstić information content (AvgIpc) is 3.44. The standard InChI is InChI=1S/C34H43N5O6S/c1-21(2)16-26-20-44-29-18-28(30-22(3)10-8-11-23(30)4)35-32(36-29)37-46(42,43)27-13-9-12-24(17-27)31(40)39(26)25-14-15-38(19-25)33(41)45-34(5,6)7/h8-13,17-18,21,25-26H,14-16,19-20H2,1-7H3,(H,35,36,37)/t25?,26-/m1/s1. The molecule has 3 aromatic rings. The van der Waals surface area contributed by atoms with Crippen LogP contribution in [-0.2, 0) is 14.8 Å². The van der Waals surface area contributed by atoms with Crippen LogP contribution in [0.25, 0.3) is 11.3 Å². The highest BCUT2D eigenvalue weighted by atomic mass is 32.2. The van der Waals surface area contributed by atoms with Crippen LogP contribution in [0.3, 0.4) is 0 Å². The number of ether oxygens (including phenoxy) is 2. The lowest BCUT2D eigenvalue weighted by atomic mass is 9.99. The van der Waals surface area contributed by atoms with Crippen molar-refractivity contribution >= 4 is 28.0 Å². The summed E-state index contributed by atoms with van der Waals surface area (Å²) in [6.45, 7) is 14.3. The number of rotatable bonds is 4. The maximum Gasteiger partial charge on any atom is 0.410 e. The molecule has 2 aromatic carbocycles. The Hall–Kier alpha value is -4.19. The predicted octanol–water partition coefficient (Wildman–Crippen LogP) is 5.82. The Morgan fingerprint density at radius 2 is 1.78 bits per heavy atom. The number of sulfonamides is 1. The van der Waals surface area contributed by atoms with Gasteiger partial charge in [0.2, 0.25) is 11.8 Å². The van der Waals surface area contributed by atoms with Crippen molar-refractivity contribution in [1.29, 1.82) is 0 Å². The first-order valence-corrected chi connectivity index (χ1v) is 17.1. The number of amides is 2. The van der Waals surface area contributed by atoms with E-state index in [1.807, 2.05) is 52.8 Å². The zero-order valence-electron chi connectivity index (χ0n) is 27.5. The van der Waals surface area contributed by atoms with Gasteiger partial charge < -0.3 is 19.3 Å². The molecule has 0 spiro atoms. The third-order valence-corrected chi connectivity index (χ3v) is 9.39. The minimum Gasteiger partial charge on any atom is -0.475 e. The molecule has 0 saturated carbocycles. The molecule has 3 heterocycles. The molecule has 2 aliphatic rings. The Bertz CT molecular complexity index is 1720. The number of anilines is 1. The van der Waals surface area contributed by atoms with E-state index >= 15 is 0 Å². The molecule has 2 amide bonds. The Kier molecular flexibility index (Phi) is 9.30. The average molecular weight is 650 g/mol. The lowest BCUT2D eigenvalue weighted by Gasteiger charge is -2.37. The van der Waals surface area contributed by atoms with Crippen LogP contribution in [0.1, 0.15) is 68.9 Å². The van der Waals surface area contributed by atoms with Gasteiger partial charge in [0.1, 0.15) is 12.2 Å². The molecule has 246 valence electrons. The van der Waals surface area contributed by atoms with E-state index in [9.17, 15) is 18.0 Å². The molecule has 0 radical (unpaired) electrons. The maximum atomic E-state index is 14.4. The molecule has 46 heavy (non-hydrogen) atoms. The topological polar surface area (TPSA) is 131 Å². The fraction of sp³-hybridized carbons (Fsp3) is 0.471. The van der Waals surface area contributed by atoms with Gasteiger partial charge in [0.15, 0.2) is 0 Å². The normalized spacial score (nSPS) is 19.9. The number of nitrogens with one attached hydrogen (secondary N) is 1. The first-order chi connectivity index (χ1) is 21.6. The molecular formula is C34H43N5O6S. The third kappa shape index (κ3) is 7.43. The summed E-state index contributed by atoms with van der Waals surface area (Å²) in [6.07, 6.45) is 0.705. The van der Waals surface area contributed by atoms with Gasteiger partial charge in [0.25, 0.3) is 15.9 Å². The van der Waals surface area contributed by atoms with E-state index in [1.165, 1.54) is 12.1 Å². The summed E-state index contributed by atoms with van der Waals surface area (Å²) in [4.78, 5) is 39.7. The summed E-state index contributed by atoms with van der Waals surface area (Å²) >= 11 is 0. The van der Waals surface area contributed by atoms with Crippen molar-refractivity contribution < 1.29 is 27.5 Å². The number of likely N-dealkylation sites (tertiary alicyclic amines) is 1. The first kappa shape index (κ1) is 33.2. The van der Waals surface area contributed by atoms with E-state index < -0.39 is 27.8 Å². The number of aryl methyl sites for hydroxylation is 2. The van der Waals surface area contributed by atoms with Crippen molar-refractivity contribution in [2.75, 3.05) is 24.4 Å². The van der Waals surface area contributed by atoms with Crippen molar-refractivity contribution in [3.05, 3.63) is 65.2 Å². The van der Waals surface area contributed by atoms with E-state index in [0.717, 1.165) is 16.7 Å².